The summed E-state index contributed by atoms with van der Waals surface area (Å²) in [7, 11) is 0. The van der Waals surface area contributed by atoms with E-state index in [-0.39, 0.29) is 11.5 Å². The van der Waals surface area contributed by atoms with Gasteiger partial charge in [-0.1, -0.05) is 33.3 Å². The van der Waals surface area contributed by atoms with Crippen molar-refractivity contribution in [2.75, 3.05) is 0 Å². The molecule has 0 saturated carbocycles. The summed E-state index contributed by atoms with van der Waals surface area (Å²) in [4.78, 5) is 0. The van der Waals surface area contributed by atoms with E-state index in [1.165, 1.54) is 0 Å². The van der Waals surface area contributed by atoms with Crippen LogP contribution in [0.5, 0.6) is 11.5 Å². The number of ether oxygens (including phenoxy) is 1. The van der Waals surface area contributed by atoms with Gasteiger partial charge in [0, 0.05) is 5.56 Å². The van der Waals surface area contributed by atoms with E-state index in [4.69, 9.17) is 4.74 Å². The summed E-state index contributed by atoms with van der Waals surface area (Å²) in [6.45, 7) is 10.5. The highest BCUT2D eigenvalue weighted by atomic mass is 16.5. The van der Waals surface area contributed by atoms with Crippen molar-refractivity contribution < 1.29 is 9.84 Å². The lowest BCUT2D eigenvalue weighted by Crippen LogP contribution is -2.28. The Kier molecular flexibility index (Phi) is 4.44. The summed E-state index contributed by atoms with van der Waals surface area (Å²) >= 11 is 0. The SMILES string of the molecule is CCCC(C)(C)Oc1cccc(O)c1C(C)C. The topological polar surface area (TPSA) is 29.5 Å². The van der Waals surface area contributed by atoms with Gasteiger partial charge in [0.1, 0.15) is 17.1 Å². The molecule has 0 aliphatic heterocycles. The van der Waals surface area contributed by atoms with Crippen LogP contribution < -0.4 is 4.74 Å². The van der Waals surface area contributed by atoms with E-state index in [9.17, 15) is 5.11 Å². The molecule has 17 heavy (non-hydrogen) atoms. The average molecular weight is 236 g/mol. The highest BCUT2D eigenvalue weighted by Crippen LogP contribution is 2.36. The van der Waals surface area contributed by atoms with Crippen molar-refractivity contribution >= 4 is 0 Å². The van der Waals surface area contributed by atoms with Crippen LogP contribution in [0.25, 0.3) is 0 Å². The van der Waals surface area contributed by atoms with Gasteiger partial charge in [0.15, 0.2) is 0 Å². The van der Waals surface area contributed by atoms with E-state index in [0.29, 0.717) is 5.75 Å². The summed E-state index contributed by atoms with van der Waals surface area (Å²) in [6, 6.07) is 5.49. The lowest BCUT2D eigenvalue weighted by molar-refractivity contribution is 0.0966. The lowest BCUT2D eigenvalue weighted by atomic mass is 9.99. The van der Waals surface area contributed by atoms with E-state index in [1.807, 2.05) is 12.1 Å². The van der Waals surface area contributed by atoms with Gasteiger partial charge in [-0.15, -0.1) is 0 Å². The molecule has 2 nitrogen and oxygen atoms in total. The normalized spacial score (nSPS) is 11.9. The van der Waals surface area contributed by atoms with Gasteiger partial charge in [0.2, 0.25) is 0 Å². The van der Waals surface area contributed by atoms with Crippen molar-refractivity contribution in [1.29, 1.82) is 0 Å². The second-order valence-corrected chi connectivity index (χ2v) is 5.46. The Hall–Kier alpha value is -1.18. The number of phenols is 1. The maximum Gasteiger partial charge on any atom is 0.127 e. The molecule has 0 spiro atoms. The Bertz CT molecular complexity index is 367. The Labute approximate surface area is 105 Å². The molecule has 0 saturated heterocycles. The zero-order valence-electron chi connectivity index (χ0n) is 11.6. The Morgan fingerprint density at radius 3 is 2.47 bits per heavy atom. The average Bonchev–Trinajstić information content (AvgIpc) is 2.15. The van der Waals surface area contributed by atoms with Crippen molar-refractivity contribution in [3.63, 3.8) is 0 Å². The number of benzene rings is 1. The maximum atomic E-state index is 9.91. The van der Waals surface area contributed by atoms with Crippen LogP contribution in [0.2, 0.25) is 0 Å². The fourth-order valence-electron chi connectivity index (χ4n) is 2.15. The molecule has 1 aromatic carbocycles. The largest absolute Gasteiger partial charge is 0.508 e. The van der Waals surface area contributed by atoms with Crippen LogP contribution in [0.1, 0.15) is 58.9 Å². The molecule has 96 valence electrons. The van der Waals surface area contributed by atoms with Crippen molar-refractivity contribution in [2.45, 2.75) is 59.0 Å². The van der Waals surface area contributed by atoms with Gasteiger partial charge in [0.25, 0.3) is 0 Å². The zero-order chi connectivity index (χ0) is 13.1. The van der Waals surface area contributed by atoms with Crippen LogP contribution in [-0.2, 0) is 0 Å². The van der Waals surface area contributed by atoms with Gasteiger partial charge in [-0.2, -0.15) is 0 Å². The summed E-state index contributed by atoms with van der Waals surface area (Å²) in [5.74, 6) is 1.38. The quantitative estimate of drug-likeness (QED) is 0.817. The molecular weight excluding hydrogens is 212 g/mol. The third-order valence-corrected chi connectivity index (χ3v) is 2.86. The third kappa shape index (κ3) is 3.65. The molecule has 0 radical (unpaired) electrons. The van der Waals surface area contributed by atoms with E-state index in [0.717, 1.165) is 24.2 Å². The van der Waals surface area contributed by atoms with Crippen LogP contribution in [0.4, 0.5) is 0 Å². The highest BCUT2D eigenvalue weighted by Gasteiger charge is 2.22. The number of hydrogen-bond donors (Lipinski definition) is 1. The predicted molar refractivity (Wildman–Crippen MR) is 71.8 cm³/mol. The Balaban J connectivity index is 3.02. The predicted octanol–water partition coefficient (Wildman–Crippen LogP) is 4.47. The second kappa shape index (κ2) is 5.44. The van der Waals surface area contributed by atoms with Crippen molar-refractivity contribution in [1.82, 2.24) is 0 Å². The van der Waals surface area contributed by atoms with Gasteiger partial charge in [-0.05, 0) is 38.3 Å². The van der Waals surface area contributed by atoms with Crippen molar-refractivity contribution in [2.24, 2.45) is 0 Å². The van der Waals surface area contributed by atoms with Crippen LogP contribution in [0.15, 0.2) is 18.2 Å². The summed E-state index contributed by atoms with van der Waals surface area (Å²) in [5, 5.41) is 9.91. The molecule has 0 amide bonds. The molecule has 0 atom stereocenters. The first-order valence-electron chi connectivity index (χ1n) is 6.38. The molecule has 0 heterocycles. The first kappa shape index (κ1) is 13.9. The fourth-order valence-corrected chi connectivity index (χ4v) is 2.15. The second-order valence-electron chi connectivity index (χ2n) is 5.46. The third-order valence-electron chi connectivity index (χ3n) is 2.86. The Morgan fingerprint density at radius 1 is 1.29 bits per heavy atom. The minimum Gasteiger partial charge on any atom is -0.508 e. The first-order chi connectivity index (χ1) is 7.87. The van der Waals surface area contributed by atoms with Crippen LogP contribution >= 0.6 is 0 Å². The lowest BCUT2D eigenvalue weighted by Gasteiger charge is -2.28. The van der Waals surface area contributed by atoms with Gasteiger partial charge >= 0.3 is 0 Å². The standard InChI is InChI=1S/C15H24O2/c1-6-10-15(4,5)17-13-9-7-8-12(16)14(13)11(2)3/h7-9,11,16H,6,10H2,1-5H3. The molecule has 1 rings (SSSR count). The van der Waals surface area contributed by atoms with Gasteiger partial charge in [0.05, 0.1) is 0 Å². The van der Waals surface area contributed by atoms with E-state index < -0.39 is 0 Å². The maximum absolute atomic E-state index is 9.91. The zero-order valence-corrected chi connectivity index (χ0v) is 11.6. The fraction of sp³-hybridized carbons (Fsp3) is 0.600. The van der Waals surface area contributed by atoms with Crippen LogP contribution in [0.3, 0.4) is 0 Å². The number of aromatic hydroxyl groups is 1. The van der Waals surface area contributed by atoms with Gasteiger partial charge in [-0.25, -0.2) is 0 Å². The van der Waals surface area contributed by atoms with Crippen molar-refractivity contribution in [3.05, 3.63) is 23.8 Å². The summed E-state index contributed by atoms with van der Waals surface area (Å²) in [6.07, 6.45) is 2.09. The van der Waals surface area contributed by atoms with Crippen LogP contribution in [-0.4, -0.2) is 10.7 Å². The monoisotopic (exact) mass is 236 g/mol. The minimum absolute atomic E-state index is 0.188. The summed E-state index contributed by atoms with van der Waals surface area (Å²) in [5.41, 5.74) is 0.711. The minimum atomic E-state index is -0.188. The molecule has 0 fully saturated rings. The number of phenolic OH excluding ortho intramolecular Hbond substituents is 1. The van der Waals surface area contributed by atoms with Gasteiger partial charge < -0.3 is 9.84 Å². The molecule has 0 unspecified atom stereocenters. The molecule has 1 aromatic rings. The van der Waals surface area contributed by atoms with Crippen LogP contribution in [0, 0.1) is 0 Å². The van der Waals surface area contributed by atoms with E-state index in [2.05, 4.69) is 34.6 Å². The van der Waals surface area contributed by atoms with Gasteiger partial charge in [-0.3, -0.25) is 0 Å². The van der Waals surface area contributed by atoms with Crippen molar-refractivity contribution in [3.8, 4) is 11.5 Å². The Morgan fingerprint density at radius 2 is 1.94 bits per heavy atom. The molecular formula is C15H24O2. The number of hydrogen-bond acceptors (Lipinski definition) is 2. The molecule has 0 bridgehead atoms. The molecule has 0 aliphatic rings. The molecule has 0 aromatic heterocycles. The smallest absolute Gasteiger partial charge is 0.127 e. The summed E-state index contributed by atoms with van der Waals surface area (Å²) < 4.78 is 6.06. The molecule has 1 N–H and O–H groups in total. The highest BCUT2D eigenvalue weighted by molar-refractivity contribution is 5.46. The van der Waals surface area contributed by atoms with E-state index in [1.54, 1.807) is 6.07 Å². The first-order valence-corrected chi connectivity index (χ1v) is 6.38. The number of rotatable bonds is 5. The molecule has 2 heteroatoms. The van der Waals surface area contributed by atoms with E-state index >= 15 is 0 Å². The molecule has 0 aliphatic carbocycles.